The standard InChI is InChI=1S/C15H24BrN5O2/c1-15(2,3)11(12(17)22)19-13(23)10-9-8-20(4)6-5-7-21(9)14(16)18-10/h11H,5-8H2,1-4H3,(H2,17,22)(H,19,23). The Labute approximate surface area is 144 Å². The molecule has 23 heavy (non-hydrogen) atoms. The van der Waals surface area contributed by atoms with Crippen LogP contribution in [0.3, 0.4) is 0 Å². The lowest BCUT2D eigenvalue weighted by molar-refractivity contribution is -0.122. The van der Waals surface area contributed by atoms with Crippen LogP contribution in [0.5, 0.6) is 0 Å². The maximum absolute atomic E-state index is 12.7. The van der Waals surface area contributed by atoms with Crippen molar-refractivity contribution in [3.63, 3.8) is 0 Å². The van der Waals surface area contributed by atoms with Crippen LogP contribution in [-0.2, 0) is 17.9 Å². The van der Waals surface area contributed by atoms with Gasteiger partial charge in [-0.25, -0.2) is 4.98 Å². The molecule has 1 aliphatic heterocycles. The smallest absolute Gasteiger partial charge is 0.272 e. The van der Waals surface area contributed by atoms with Gasteiger partial charge in [-0.3, -0.25) is 9.59 Å². The van der Waals surface area contributed by atoms with Gasteiger partial charge < -0.3 is 20.5 Å². The predicted molar refractivity (Wildman–Crippen MR) is 90.8 cm³/mol. The number of carbonyl (C=O) groups is 2. The molecule has 1 aromatic rings. The second-order valence-corrected chi connectivity index (χ2v) is 7.80. The van der Waals surface area contributed by atoms with Crippen molar-refractivity contribution in [2.75, 3.05) is 13.6 Å². The molecule has 2 heterocycles. The Morgan fingerprint density at radius 1 is 1.35 bits per heavy atom. The van der Waals surface area contributed by atoms with Crippen molar-refractivity contribution in [3.8, 4) is 0 Å². The Bertz CT molecular complexity index is 620. The first kappa shape index (κ1) is 17.9. The number of carbonyl (C=O) groups excluding carboxylic acids is 2. The van der Waals surface area contributed by atoms with Crippen molar-refractivity contribution in [3.05, 3.63) is 16.1 Å². The molecule has 0 bridgehead atoms. The third-order valence-electron chi connectivity index (χ3n) is 4.01. The topological polar surface area (TPSA) is 93.2 Å². The van der Waals surface area contributed by atoms with Gasteiger partial charge in [-0.2, -0.15) is 0 Å². The number of halogens is 1. The number of aromatic nitrogens is 2. The normalized spacial score (nSPS) is 17.3. The second kappa shape index (κ2) is 6.60. The minimum atomic E-state index is -0.755. The van der Waals surface area contributed by atoms with E-state index in [2.05, 4.69) is 31.1 Å². The summed E-state index contributed by atoms with van der Waals surface area (Å²) in [6.07, 6.45) is 0.991. The predicted octanol–water partition coefficient (Wildman–Crippen LogP) is 1.11. The number of nitrogens with one attached hydrogen (secondary N) is 1. The minimum Gasteiger partial charge on any atom is -0.368 e. The van der Waals surface area contributed by atoms with Crippen LogP contribution in [0.2, 0.25) is 0 Å². The largest absolute Gasteiger partial charge is 0.368 e. The summed E-state index contributed by atoms with van der Waals surface area (Å²) < 4.78 is 2.65. The highest BCUT2D eigenvalue weighted by Crippen LogP contribution is 2.23. The van der Waals surface area contributed by atoms with Crippen LogP contribution in [0.15, 0.2) is 4.73 Å². The molecule has 7 nitrogen and oxygen atoms in total. The average molecular weight is 386 g/mol. The number of rotatable bonds is 3. The van der Waals surface area contributed by atoms with Crippen molar-refractivity contribution in [1.82, 2.24) is 19.8 Å². The molecule has 2 amide bonds. The van der Waals surface area contributed by atoms with E-state index in [1.165, 1.54) is 0 Å². The van der Waals surface area contributed by atoms with Gasteiger partial charge in [0.15, 0.2) is 10.4 Å². The van der Waals surface area contributed by atoms with E-state index < -0.39 is 17.4 Å². The molecule has 1 aromatic heterocycles. The van der Waals surface area contributed by atoms with Crippen molar-refractivity contribution < 1.29 is 9.59 Å². The number of hydrogen-bond donors (Lipinski definition) is 2. The summed E-state index contributed by atoms with van der Waals surface area (Å²) in [7, 11) is 2.01. The Morgan fingerprint density at radius 3 is 2.57 bits per heavy atom. The van der Waals surface area contributed by atoms with E-state index in [1.54, 1.807) is 0 Å². The van der Waals surface area contributed by atoms with Gasteiger partial charge in [0.25, 0.3) is 5.91 Å². The summed E-state index contributed by atoms with van der Waals surface area (Å²) in [5, 5.41) is 2.74. The van der Waals surface area contributed by atoms with Crippen LogP contribution in [0.1, 0.15) is 43.4 Å². The summed E-state index contributed by atoms with van der Waals surface area (Å²) in [6.45, 7) is 7.98. The highest BCUT2D eigenvalue weighted by molar-refractivity contribution is 9.10. The maximum atomic E-state index is 12.7. The van der Waals surface area contributed by atoms with Crippen LogP contribution in [0, 0.1) is 5.41 Å². The van der Waals surface area contributed by atoms with Gasteiger partial charge in [-0.05, 0) is 41.4 Å². The Balaban J connectivity index is 2.32. The zero-order chi connectivity index (χ0) is 17.4. The molecule has 0 aromatic carbocycles. The fourth-order valence-electron chi connectivity index (χ4n) is 2.77. The summed E-state index contributed by atoms with van der Waals surface area (Å²) >= 11 is 3.42. The van der Waals surface area contributed by atoms with Crippen LogP contribution >= 0.6 is 15.9 Å². The molecule has 0 spiro atoms. The van der Waals surface area contributed by atoms with Gasteiger partial charge in [0.2, 0.25) is 5.91 Å². The monoisotopic (exact) mass is 385 g/mol. The molecule has 8 heteroatoms. The fourth-order valence-corrected chi connectivity index (χ4v) is 3.34. The highest BCUT2D eigenvalue weighted by atomic mass is 79.9. The highest BCUT2D eigenvalue weighted by Gasteiger charge is 2.33. The number of nitrogens with two attached hydrogens (primary N) is 1. The molecule has 0 radical (unpaired) electrons. The van der Waals surface area contributed by atoms with Gasteiger partial charge >= 0.3 is 0 Å². The molecule has 1 unspecified atom stereocenters. The van der Waals surface area contributed by atoms with Gasteiger partial charge in [-0.1, -0.05) is 20.8 Å². The number of primary amides is 1. The maximum Gasteiger partial charge on any atom is 0.272 e. The van der Waals surface area contributed by atoms with Gasteiger partial charge in [-0.15, -0.1) is 0 Å². The van der Waals surface area contributed by atoms with Crippen LogP contribution < -0.4 is 11.1 Å². The van der Waals surface area contributed by atoms with Crippen LogP contribution in [-0.4, -0.2) is 45.9 Å². The zero-order valence-corrected chi connectivity index (χ0v) is 15.6. The second-order valence-electron chi connectivity index (χ2n) is 7.09. The van der Waals surface area contributed by atoms with Gasteiger partial charge in [0, 0.05) is 13.1 Å². The van der Waals surface area contributed by atoms with Crippen molar-refractivity contribution >= 4 is 27.7 Å². The molecule has 1 aliphatic rings. The lowest BCUT2D eigenvalue weighted by Crippen LogP contribution is -2.52. The third kappa shape index (κ3) is 3.92. The molecule has 0 saturated heterocycles. The van der Waals surface area contributed by atoms with E-state index in [4.69, 9.17) is 5.73 Å². The van der Waals surface area contributed by atoms with Crippen molar-refractivity contribution in [2.24, 2.45) is 11.1 Å². The van der Waals surface area contributed by atoms with Crippen LogP contribution in [0.25, 0.3) is 0 Å². The van der Waals surface area contributed by atoms with E-state index in [-0.39, 0.29) is 5.91 Å². The van der Waals surface area contributed by atoms with E-state index in [9.17, 15) is 9.59 Å². The Morgan fingerprint density at radius 2 is 2.00 bits per heavy atom. The summed E-state index contributed by atoms with van der Waals surface area (Å²) in [6, 6.07) is -0.755. The minimum absolute atomic E-state index is 0.348. The van der Waals surface area contributed by atoms with Gasteiger partial charge in [0.05, 0.1) is 5.69 Å². The van der Waals surface area contributed by atoms with E-state index >= 15 is 0 Å². The first-order valence-corrected chi connectivity index (χ1v) is 8.44. The first-order valence-electron chi connectivity index (χ1n) is 7.65. The Hall–Kier alpha value is -1.41. The first-order chi connectivity index (χ1) is 10.6. The van der Waals surface area contributed by atoms with E-state index in [1.807, 2.05) is 32.4 Å². The fraction of sp³-hybridized carbons (Fsp3) is 0.667. The Kier molecular flexibility index (Phi) is 5.15. The molecule has 1 atom stereocenters. The molecule has 0 saturated carbocycles. The van der Waals surface area contributed by atoms with Crippen molar-refractivity contribution in [1.29, 1.82) is 0 Å². The number of hydrogen-bond acceptors (Lipinski definition) is 4. The number of imidazole rings is 1. The molecular formula is C15H24BrN5O2. The molecule has 0 aliphatic carbocycles. The lowest BCUT2D eigenvalue weighted by atomic mass is 9.86. The SMILES string of the molecule is CN1CCCn2c(Br)nc(C(=O)NC(C(N)=O)C(C)(C)C)c2C1. The average Bonchev–Trinajstić information content (AvgIpc) is 2.60. The quantitative estimate of drug-likeness (QED) is 0.814. The van der Waals surface area contributed by atoms with Crippen molar-refractivity contribution in [2.45, 2.75) is 46.3 Å². The zero-order valence-electron chi connectivity index (χ0n) is 14.0. The lowest BCUT2D eigenvalue weighted by Gasteiger charge is -2.28. The molecule has 3 N–H and O–H groups in total. The third-order valence-corrected chi connectivity index (χ3v) is 4.61. The molecule has 0 fully saturated rings. The summed E-state index contributed by atoms with van der Waals surface area (Å²) in [4.78, 5) is 30.9. The summed E-state index contributed by atoms with van der Waals surface area (Å²) in [5.41, 5.74) is 6.18. The van der Waals surface area contributed by atoms with E-state index in [0.29, 0.717) is 17.0 Å². The number of nitrogens with zero attached hydrogens (tertiary/aromatic N) is 3. The van der Waals surface area contributed by atoms with Crippen LogP contribution in [0.4, 0.5) is 0 Å². The molecular weight excluding hydrogens is 362 g/mol. The number of fused-ring (bicyclic) bond motifs is 1. The number of amides is 2. The molecule has 2 rings (SSSR count). The van der Waals surface area contributed by atoms with E-state index in [0.717, 1.165) is 25.2 Å². The molecule has 128 valence electrons. The van der Waals surface area contributed by atoms with Gasteiger partial charge in [0.1, 0.15) is 6.04 Å². The summed E-state index contributed by atoms with van der Waals surface area (Å²) in [5.74, 6) is -0.916.